The minimum atomic E-state index is -0.841. The molecule has 94 valence electrons. The molecule has 1 aromatic heterocycles. The molecule has 2 atom stereocenters. The molecule has 17 heavy (non-hydrogen) atoms. The molecule has 3 nitrogen and oxygen atoms in total. The predicted molar refractivity (Wildman–Crippen MR) is 75.6 cm³/mol. The zero-order valence-electron chi connectivity index (χ0n) is 9.80. The zero-order valence-corrected chi connectivity index (χ0v) is 12.3. The summed E-state index contributed by atoms with van der Waals surface area (Å²) in [7, 11) is 0. The summed E-state index contributed by atoms with van der Waals surface area (Å²) in [4.78, 5) is 16.1. The van der Waals surface area contributed by atoms with Crippen molar-refractivity contribution in [2.45, 2.75) is 30.8 Å². The third-order valence-electron chi connectivity index (χ3n) is 2.67. The lowest BCUT2D eigenvalue weighted by Gasteiger charge is -2.25. The van der Waals surface area contributed by atoms with Crippen molar-refractivity contribution >= 4 is 40.8 Å². The van der Waals surface area contributed by atoms with Gasteiger partial charge in [0.25, 0.3) is 0 Å². The van der Waals surface area contributed by atoms with Crippen molar-refractivity contribution < 1.29 is 9.90 Å². The Morgan fingerprint density at radius 1 is 1.47 bits per heavy atom. The van der Waals surface area contributed by atoms with Crippen molar-refractivity contribution in [3.8, 4) is 0 Å². The van der Waals surface area contributed by atoms with Crippen molar-refractivity contribution in [1.29, 1.82) is 0 Å². The van der Waals surface area contributed by atoms with Gasteiger partial charge in [-0.15, -0.1) is 23.1 Å². The summed E-state index contributed by atoms with van der Waals surface area (Å²) in [5, 5.41) is 11.0. The Bertz CT molecular complexity index is 419. The lowest BCUT2D eigenvalue weighted by molar-refractivity contribution is 0.0701. The van der Waals surface area contributed by atoms with Gasteiger partial charge in [-0.3, -0.25) is 0 Å². The Labute approximate surface area is 113 Å². The molecule has 1 N–H and O–H groups in total. The van der Waals surface area contributed by atoms with Gasteiger partial charge in [0, 0.05) is 16.8 Å². The standard InChI is InChI=1S/C11H15NO2S3/c1-3-7-9(11(13)14)17-10(12-7)8-6(2)15-4-5-16-8/h6,8H,3-5H2,1-2H3,(H,13,14). The smallest absolute Gasteiger partial charge is 0.347 e. The van der Waals surface area contributed by atoms with Crippen LogP contribution in [0.1, 0.15) is 39.5 Å². The molecule has 1 aromatic rings. The fourth-order valence-electron chi connectivity index (χ4n) is 1.80. The number of carbonyl (C=O) groups is 1. The lowest BCUT2D eigenvalue weighted by atomic mass is 10.3. The van der Waals surface area contributed by atoms with E-state index in [9.17, 15) is 4.79 Å². The van der Waals surface area contributed by atoms with E-state index in [1.165, 1.54) is 17.1 Å². The first kappa shape index (κ1) is 13.2. The van der Waals surface area contributed by atoms with Crippen LogP contribution in [0.4, 0.5) is 0 Å². The number of thiazole rings is 1. The van der Waals surface area contributed by atoms with Gasteiger partial charge >= 0.3 is 5.97 Å². The monoisotopic (exact) mass is 289 g/mol. The van der Waals surface area contributed by atoms with Gasteiger partial charge in [-0.25, -0.2) is 9.78 Å². The van der Waals surface area contributed by atoms with E-state index in [0.29, 0.717) is 21.8 Å². The van der Waals surface area contributed by atoms with E-state index in [-0.39, 0.29) is 0 Å². The number of hydrogen-bond acceptors (Lipinski definition) is 5. The van der Waals surface area contributed by atoms with Crippen molar-refractivity contribution in [1.82, 2.24) is 4.98 Å². The van der Waals surface area contributed by atoms with Gasteiger partial charge in [0.05, 0.1) is 10.9 Å². The summed E-state index contributed by atoms with van der Waals surface area (Å²) in [5.41, 5.74) is 0.737. The average molecular weight is 289 g/mol. The van der Waals surface area contributed by atoms with Crippen LogP contribution in [0.3, 0.4) is 0 Å². The number of aromatic carboxylic acids is 1. The van der Waals surface area contributed by atoms with Crippen molar-refractivity contribution in [2.75, 3.05) is 11.5 Å². The highest BCUT2D eigenvalue weighted by molar-refractivity contribution is 8.06. The summed E-state index contributed by atoms with van der Waals surface area (Å²) in [6.45, 7) is 4.16. The number of carboxylic acid groups (broad SMARTS) is 1. The van der Waals surface area contributed by atoms with E-state index in [1.54, 1.807) is 0 Å². The normalized spacial score (nSPS) is 24.8. The van der Waals surface area contributed by atoms with Crippen LogP contribution in [0.2, 0.25) is 0 Å². The van der Waals surface area contributed by atoms with Crippen LogP contribution < -0.4 is 0 Å². The first-order valence-electron chi connectivity index (χ1n) is 5.59. The predicted octanol–water partition coefficient (Wildman–Crippen LogP) is 3.31. The highest BCUT2D eigenvalue weighted by atomic mass is 32.2. The molecule has 0 amide bonds. The zero-order chi connectivity index (χ0) is 12.4. The van der Waals surface area contributed by atoms with Crippen LogP contribution in [0.25, 0.3) is 0 Å². The van der Waals surface area contributed by atoms with Crippen LogP contribution >= 0.6 is 34.9 Å². The molecule has 1 aliphatic rings. The Balaban J connectivity index is 2.29. The number of nitrogens with zero attached hydrogens (tertiary/aromatic N) is 1. The lowest BCUT2D eigenvalue weighted by Crippen LogP contribution is -2.15. The van der Waals surface area contributed by atoms with Crippen molar-refractivity contribution in [3.63, 3.8) is 0 Å². The molecule has 6 heteroatoms. The summed E-state index contributed by atoms with van der Waals surface area (Å²) in [6, 6.07) is 0. The molecule has 0 spiro atoms. The number of aryl methyl sites for hydroxylation is 1. The molecule has 0 radical (unpaired) electrons. The second-order valence-electron chi connectivity index (χ2n) is 3.85. The largest absolute Gasteiger partial charge is 0.477 e. The molecule has 2 heterocycles. The number of aromatic nitrogens is 1. The fourth-order valence-corrected chi connectivity index (χ4v) is 5.95. The van der Waals surface area contributed by atoms with Gasteiger partial charge < -0.3 is 5.11 Å². The molecule has 0 aliphatic carbocycles. The summed E-state index contributed by atoms with van der Waals surface area (Å²) < 4.78 is 0. The van der Waals surface area contributed by atoms with E-state index in [0.717, 1.165) is 16.5 Å². The summed E-state index contributed by atoms with van der Waals surface area (Å²) >= 11 is 5.21. The molecule has 0 bridgehead atoms. The van der Waals surface area contributed by atoms with Gasteiger partial charge in [-0.1, -0.05) is 13.8 Å². The summed E-state index contributed by atoms with van der Waals surface area (Å²) in [6.07, 6.45) is 0.692. The maximum Gasteiger partial charge on any atom is 0.347 e. The van der Waals surface area contributed by atoms with Gasteiger partial charge in [0.1, 0.15) is 9.88 Å². The molecular weight excluding hydrogens is 274 g/mol. The Kier molecular flexibility index (Phi) is 4.38. The highest BCUT2D eigenvalue weighted by Gasteiger charge is 2.29. The van der Waals surface area contributed by atoms with Gasteiger partial charge in [0.2, 0.25) is 0 Å². The SMILES string of the molecule is CCc1nc(C2SCCSC2C)sc1C(=O)O. The second-order valence-corrected chi connectivity index (χ2v) is 7.62. The van der Waals surface area contributed by atoms with Crippen LogP contribution in [0, 0.1) is 0 Å². The van der Waals surface area contributed by atoms with Gasteiger partial charge in [-0.2, -0.15) is 11.8 Å². The molecule has 2 rings (SSSR count). The third-order valence-corrected chi connectivity index (χ3v) is 7.09. The van der Waals surface area contributed by atoms with E-state index in [2.05, 4.69) is 11.9 Å². The molecule has 1 saturated heterocycles. The fraction of sp³-hybridized carbons (Fsp3) is 0.636. The van der Waals surface area contributed by atoms with Gasteiger partial charge in [-0.05, 0) is 6.42 Å². The van der Waals surface area contributed by atoms with E-state index < -0.39 is 5.97 Å². The van der Waals surface area contributed by atoms with E-state index in [1.807, 2.05) is 30.4 Å². The van der Waals surface area contributed by atoms with Crippen molar-refractivity contribution in [3.05, 3.63) is 15.6 Å². The maximum absolute atomic E-state index is 11.1. The second kappa shape index (κ2) is 5.63. The third kappa shape index (κ3) is 2.80. The van der Waals surface area contributed by atoms with Crippen LogP contribution in [-0.4, -0.2) is 32.8 Å². The van der Waals surface area contributed by atoms with Crippen molar-refractivity contribution in [2.24, 2.45) is 0 Å². The molecule has 1 fully saturated rings. The highest BCUT2D eigenvalue weighted by Crippen LogP contribution is 2.44. The quantitative estimate of drug-likeness (QED) is 0.925. The Morgan fingerprint density at radius 2 is 2.18 bits per heavy atom. The van der Waals surface area contributed by atoms with Crippen LogP contribution in [-0.2, 0) is 6.42 Å². The first-order valence-corrected chi connectivity index (χ1v) is 8.51. The van der Waals surface area contributed by atoms with E-state index >= 15 is 0 Å². The number of rotatable bonds is 3. The maximum atomic E-state index is 11.1. The molecule has 1 aliphatic heterocycles. The van der Waals surface area contributed by atoms with Crippen LogP contribution in [0.5, 0.6) is 0 Å². The molecule has 2 unspecified atom stereocenters. The number of thioether (sulfide) groups is 2. The number of carboxylic acids is 1. The van der Waals surface area contributed by atoms with Crippen LogP contribution in [0.15, 0.2) is 0 Å². The minimum absolute atomic E-state index is 0.358. The Hall–Kier alpha value is -0.200. The van der Waals surface area contributed by atoms with Gasteiger partial charge in [0.15, 0.2) is 0 Å². The molecule has 0 saturated carbocycles. The molecule has 0 aromatic carbocycles. The topological polar surface area (TPSA) is 50.2 Å². The Morgan fingerprint density at radius 3 is 2.71 bits per heavy atom. The first-order chi connectivity index (χ1) is 8.13. The number of hydrogen-bond donors (Lipinski definition) is 1. The molecular formula is C11H15NO2S3. The minimum Gasteiger partial charge on any atom is -0.477 e. The average Bonchev–Trinajstić information content (AvgIpc) is 2.73. The van der Waals surface area contributed by atoms with E-state index in [4.69, 9.17) is 5.11 Å². The summed E-state index contributed by atoms with van der Waals surface area (Å²) in [5.74, 6) is 1.47.